The lowest BCUT2D eigenvalue weighted by molar-refractivity contribution is -0.135. The van der Waals surface area contributed by atoms with Crippen molar-refractivity contribution in [3.8, 4) is 0 Å². The van der Waals surface area contributed by atoms with E-state index in [9.17, 15) is 15.0 Å². The molecule has 0 aromatic rings. The van der Waals surface area contributed by atoms with Crippen LogP contribution < -0.4 is 0 Å². The van der Waals surface area contributed by atoms with Crippen molar-refractivity contribution < 1.29 is 15.0 Å². The summed E-state index contributed by atoms with van der Waals surface area (Å²) in [5.74, 6) is 3.36. The smallest absolute Gasteiger partial charge is 0.159 e. The van der Waals surface area contributed by atoms with Crippen LogP contribution in [0.2, 0.25) is 0 Å². The fraction of sp³-hybridized carbons (Fsp3) is 0.897. The lowest BCUT2D eigenvalue weighted by Crippen LogP contribution is -2.54. The Morgan fingerprint density at radius 3 is 2.44 bits per heavy atom. The Kier molecular flexibility index (Phi) is 6.75. The molecule has 3 heteroatoms. The third kappa shape index (κ3) is 3.84. The molecule has 0 heterocycles. The number of hydrogen-bond acceptors (Lipinski definition) is 3. The number of carbonyl (C=O) groups is 1. The number of aliphatic hydroxyl groups excluding tert-OH is 2. The summed E-state index contributed by atoms with van der Waals surface area (Å²) in [5, 5.41) is 21.5. The summed E-state index contributed by atoms with van der Waals surface area (Å²) in [5.41, 5.74) is 1.48. The number of rotatable bonds is 6. The quantitative estimate of drug-likeness (QED) is 0.515. The van der Waals surface area contributed by atoms with Crippen LogP contribution in [-0.2, 0) is 4.79 Å². The van der Waals surface area contributed by atoms with Crippen molar-refractivity contribution in [3.63, 3.8) is 0 Å². The lowest BCUT2D eigenvalue weighted by atomic mass is 9.46. The highest BCUT2D eigenvalue weighted by molar-refractivity contribution is 5.94. The van der Waals surface area contributed by atoms with Gasteiger partial charge in [0.1, 0.15) is 0 Å². The van der Waals surface area contributed by atoms with Gasteiger partial charge < -0.3 is 10.2 Å². The van der Waals surface area contributed by atoms with Gasteiger partial charge in [-0.15, -0.1) is 0 Å². The first-order chi connectivity index (χ1) is 15.0. The minimum Gasteiger partial charge on any atom is -0.393 e. The van der Waals surface area contributed by atoms with Gasteiger partial charge in [0.05, 0.1) is 12.2 Å². The van der Waals surface area contributed by atoms with Gasteiger partial charge in [-0.1, -0.05) is 53.5 Å². The van der Waals surface area contributed by atoms with Crippen LogP contribution in [0.4, 0.5) is 0 Å². The second-order valence-corrected chi connectivity index (χ2v) is 12.9. The highest BCUT2D eigenvalue weighted by Crippen LogP contribution is 2.66. The van der Waals surface area contributed by atoms with Gasteiger partial charge in [0.2, 0.25) is 0 Å². The van der Waals surface area contributed by atoms with Gasteiger partial charge in [-0.25, -0.2) is 0 Å². The monoisotopic (exact) mass is 444 g/mol. The maximum absolute atomic E-state index is 13.5. The van der Waals surface area contributed by atoms with Crippen LogP contribution in [0.1, 0.15) is 99.3 Å². The van der Waals surface area contributed by atoms with Gasteiger partial charge in [-0.2, -0.15) is 0 Å². The third-order valence-corrected chi connectivity index (χ3v) is 11.2. The molecule has 0 aromatic carbocycles. The molecule has 32 heavy (non-hydrogen) atoms. The van der Waals surface area contributed by atoms with Gasteiger partial charge in [0.25, 0.3) is 0 Å². The van der Waals surface area contributed by atoms with Gasteiger partial charge in [0, 0.05) is 5.92 Å². The van der Waals surface area contributed by atoms with E-state index in [0.717, 1.165) is 44.9 Å². The molecule has 4 rings (SSSR count). The zero-order chi connectivity index (χ0) is 23.4. The minimum atomic E-state index is -0.275. The molecule has 3 fully saturated rings. The molecule has 2 N–H and O–H groups in total. The summed E-state index contributed by atoms with van der Waals surface area (Å²) < 4.78 is 0. The average Bonchev–Trinajstić information content (AvgIpc) is 3.09. The van der Waals surface area contributed by atoms with E-state index in [-0.39, 0.29) is 29.0 Å². The Morgan fingerprint density at radius 1 is 1.06 bits per heavy atom. The molecular formula is C29H48O3. The van der Waals surface area contributed by atoms with Crippen molar-refractivity contribution in [2.45, 2.75) is 112 Å². The second-order valence-electron chi connectivity index (χ2n) is 12.9. The molecule has 0 bridgehead atoms. The molecule has 0 radical (unpaired) electrons. The van der Waals surface area contributed by atoms with Gasteiger partial charge >= 0.3 is 0 Å². The summed E-state index contributed by atoms with van der Waals surface area (Å²) in [6, 6.07) is 0. The molecule has 0 aromatic heterocycles. The molecule has 4 aliphatic rings. The predicted molar refractivity (Wildman–Crippen MR) is 130 cm³/mol. The first-order valence-corrected chi connectivity index (χ1v) is 13.6. The number of aliphatic hydroxyl groups is 2. The fourth-order valence-electron chi connectivity index (χ4n) is 8.99. The van der Waals surface area contributed by atoms with E-state index >= 15 is 0 Å². The van der Waals surface area contributed by atoms with Crippen molar-refractivity contribution in [3.05, 3.63) is 11.6 Å². The lowest BCUT2D eigenvalue weighted by Gasteiger charge is -2.57. The molecule has 4 aliphatic carbocycles. The van der Waals surface area contributed by atoms with Crippen LogP contribution >= 0.6 is 0 Å². The highest BCUT2D eigenvalue weighted by atomic mass is 16.3. The van der Waals surface area contributed by atoms with Crippen LogP contribution in [-0.4, -0.2) is 28.2 Å². The summed E-state index contributed by atoms with van der Waals surface area (Å²) in [6.45, 7) is 13.9. The summed E-state index contributed by atoms with van der Waals surface area (Å²) in [7, 11) is 0. The van der Waals surface area contributed by atoms with Crippen LogP contribution in [0.25, 0.3) is 0 Å². The van der Waals surface area contributed by atoms with Crippen LogP contribution in [0.15, 0.2) is 11.6 Å². The number of hydrogen-bond donors (Lipinski definition) is 2. The second kappa shape index (κ2) is 8.84. The first kappa shape index (κ1) is 24.5. The standard InChI is InChI=1S/C29H48O3/c1-7-19(17(2)3)14-25(31)18(4)22-8-9-23-27-24(11-13-29(22,23)6)28(5)12-10-21(30)15-20(28)16-26(27)32/h16-19,21-25,27,30-31H,7-15H2,1-6H3/t18-,19+,21-,22?,23?,24?,25+,27?,28-,29+/m0/s1. The molecule has 0 aliphatic heterocycles. The van der Waals surface area contributed by atoms with Crippen molar-refractivity contribution in [2.75, 3.05) is 0 Å². The predicted octanol–water partition coefficient (Wildman–Crippen LogP) is 6.17. The summed E-state index contributed by atoms with van der Waals surface area (Å²) in [6.07, 6.45) is 10.6. The van der Waals surface area contributed by atoms with Gasteiger partial charge in [-0.05, 0) is 104 Å². The van der Waals surface area contributed by atoms with Gasteiger partial charge in [-0.3, -0.25) is 4.79 Å². The van der Waals surface area contributed by atoms with Crippen LogP contribution in [0.5, 0.6) is 0 Å². The molecule has 10 atom stereocenters. The maximum atomic E-state index is 13.5. The molecule has 3 nitrogen and oxygen atoms in total. The zero-order valence-corrected chi connectivity index (χ0v) is 21.4. The van der Waals surface area contributed by atoms with Crippen molar-refractivity contribution in [2.24, 2.45) is 52.3 Å². The Balaban J connectivity index is 1.55. The van der Waals surface area contributed by atoms with E-state index in [1.165, 1.54) is 12.0 Å². The summed E-state index contributed by atoms with van der Waals surface area (Å²) in [4.78, 5) is 13.5. The largest absolute Gasteiger partial charge is 0.393 e. The average molecular weight is 445 g/mol. The van der Waals surface area contributed by atoms with E-state index in [0.29, 0.717) is 47.7 Å². The highest BCUT2D eigenvalue weighted by Gasteiger charge is 2.61. The van der Waals surface area contributed by atoms with Crippen molar-refractivity contribution >= 4 is 5.78 Å². The molecule has 0 spiro atoms. The molecule has 0 saturated heterocycles. The Hall–Kier alpha value is -0.670. The summed E-state index contributed by atoms with van der Waals surface area (Å²) >= 11 is 0. The van der Waals surface area contributed by atoms with Gasteiger partial charge in [0.15, 0.2) is 5.78 Å². The van der Waals surface area contributed by atoms with Crippen molar-refractivity contribution in [1.29, 1.82) is 0 Å². The topological polar surface area (TPSA) is 57.5 Å². The number of allylic oxidation sites excluding steroid dienone is 1. The Bertz CT molecular complexity index is 741. The number of carbonyl (C=O) groups excluding carboxylic acids is 1. The minimum absolute atomic E-state index is 0.0912. The SMILES string of the molecule is CC[C@H](C[C@@H](O)[C@@H](C)C1CCC2C3C(=O)C=C4C[C@@H](O)CC[C@]4(C)C3CC[C@@]21C)C(C)C. The molecule has 4 unspecified atom stereocenters. The first-order valence-electron chi connectivity index (χ1n) is 13.6. The third-order valence-electron chi connectivity index (χ3n) is 11.2. The van der Waals surface area contributed by atoms with Crippen molar-refractivity contribution in [1.82, 2.24) is 0 Å². The van der Waals surface area contributed by atoms with Crippen LogP contribution in [0, 0.1) is 52.3 Å². The molecule has 182 valence electrons. The zero-order valence-electron chi connectivity index (χ0n) is 21.4. The Labute approximate surface area is 196 Å². The normalized spacial score (nSPS) is 44.3. The number of fused-ring (bicyclic) bond motifs is 5. The molecule has 3 saturated carbocycles. The molecular weight excluding hydrogens is 396 g/mol. The van der Waals surface area contributed by atoms with E-state index in [4.69, 9.17) is 0 Å². The van der Waals surface area contributed by atoms with E-state index in [2.05, 4.69) is 41.5 Å². The van der Waals surface area contributed by atoms with E-state index < -0.39 is 0 Å². The van der Waals surface area contributed by atoms with Crippen LogP contribution in [0.3, 0.4) is 0 Å². The van der Waals surface area contributed by atoms with E-state index in [1.807, 2.05) is 6.08 Å². The Morgan fingerprint density at radius 2 is 1.78 bits per heavy atom. The number of ketones is 1. The van der Waals surface area contributed by atoms with E-state index in [1.54, 1.807) is 0 Å². The molecule has 0 amide bonds. The fourth-order valence-corrected chi connectivity index (χ4v) is 8.99. The maximum Gasteiger partial charge on any atom is 0.159 e.